The molecule has 2 aromatic rings. The van der Waals surface area contributed by atoms with Gasteiger partial charge in [-0.25, -0.2) is 4.98 Å². The Balaban J connectivity index is 2.16. The van der Waals surface area contributed by atoms with E-state index in [1.807, 2.05) is 25.1 Å². The molecular formula is C14H15ClN4O. The van der Waals surface area contributed by atoms with E-state index in [-0.39, 0.29) is 16.9 Å². The largest absolute Gasteiger partial charge is 0.384 e. The van der Waals surface area contributed by atoms with Gasteiger partial charge in [0.2, 0.25) is 0 Å². The second-order valence-electron chi connectivity index (χ2n) is 4.53. The maximum Gasteiger partial charge on any atom is 0.254 e. The fourth-order valence-corrected chi connectivity index (χ4v) is 2.08. The number of amides is 1. The summed E-state index contributed by atoms with van der Waals surface area (Å²) in [7, 11) is 1.71. The quantitative estimate of drug-likeness (QED) is 0.880. The van der Waals surface area contributed by atoms with Gasteiger partial charge in [-0.1, -0.05) is 17.7 Å². The maximum absolute atomic E-state index is 12.3. The third-order valence-corrected chi connectivity index (χ3v) is 2.95. The summed E-state index contributed by atoms with van der Waals surface area (Å²) in [6.45, 7) is 2.33. The van der Waals surface area contributed by atoms with Gasteiger partial charge in [-0.15, -0.1) is 0 Å². The molecule has 0 spiro atoms. The van der Waals surface area contributed by atoms with Crippen LogP contribution >= 0.6 is 11.6 Å². The van der Waals surface area contributed by atoms with Crippen molar-refractivity contribution in [2.45, 2.75) is 13.5 Å². The van der Waals surface area contributed by atoms with E-state index in [0.29, 0.717) is 12.1 Å². The molecule has 0 radical (unpaired) electrons. The predicted octanol–water partition coefficient (Wildman–Crippen LogP) is 2.29. The summed E-state index contributed by atoms with van der Waals surface area (Å²) >= 11 is 5.81. The van der Waals surface area contributed by atoms with E-state index in [1.165, 1.54) is 12.1 Å². The van der Waals surface area contributed by atoms with Crippen LogP contribution in [0.15, 0.2) is 30.3 Å². The standard InChI is InChI=1S/C14H15ClN4O/c1-9-4-3-5-11(17-9)8-19(2)14(20)10-6-12(15)18-13(16)7-10/h3-7H,8H2,1-2H3,(H2,16,18). The normalized spacial score (nSPS) is 10.3. The van der Waals surface area contributed by atoms with Crippen molar-refractivity contribution in [1.29, 1.82) is 0 Å². The Hall–Kier alpha value is -2.14. The predicted molar refractivity (Wildman–Crippen MR) is 78.4 cm³/mol. The molecule has 0 unspecified atom stereocenters. The first-order valence-corrected chi connectivity index (χ1v) is 6.44. The average molecular weight is 291 g/mol. The number of rotatable bonds is 3. The Bertz CT molecular complexity index is 625. The average Bonchev–Trinajstić information content (AvgIpc) is 2.36. The van der Waals surface area contributed by atoms with Crippen molar-refractivity contribution < 1.29 is 4.79 Å². The fourth-order valence-electron chi connectivity index (χ4n) is 1.86. The number of hydrogen-bond donors (Lipinski definition) is 1. The zero-order chi connectivity index (χ0) is 14.7. The van der Waals surface area contributed by atoms with Gasteiger partial charge >= 0.3 is 0 Å². The third kappa shape index (κ3) is 3.45. The number of hydrogen-bond acceptors (Lipinski definition) is 4. The van der Waals surface area contributed by atoms with Gasteiger partial charge in [-0.3, -0.25) is 9.78 Å². The molecule has 0 saturated carbocycles. The van der Waals surface area contributed by atoms with Crippen molar-refractivity contribution in [1.82, 2.24) is 14.9 Å². The van der Waals surface area contributed by atoms with Gasteiger partial charge in [-0.2, -0.15) is 0 Å². The van der Waals surface area contributed by atoms with E-state index in [2.05, 4.69) is 9.97 Å². The SMILES string of the molecule is Cc1cccc(CN(C)C(=O)c2cc(N)nc(Cl)c2)n1. The summed E-state index contributed by atoms with van der Waals surface area (Å²) in [5.41, 5.74) is 7.75. The van der Waals surface area contributed by atoms with Gasteiger partial charge < -0.3 is 10.6 Å². The van der Waals surface area contributed by atoms with Crippen LogP contribution in [0.4, 0.5) is 5.82 Å². The molecule has 0 fully saturated rings. The molecule has 2 N–H and O–H groups in total. The highest BCUT2D eigenvalue weighted by molar-refractivity contribution is 6.29. The van der Waals surface area contributed by atoms with E-state index < -0.39 is 0 Å². The van der Waals surface area contributed by atoms with Crippen molar-refractivity contribution in [2.75, 3.05) is 12.8 Å². The van der Waals surface area contributed by atoms with Crippen LogP contribution in [0.5, 0.6) is 0 Å². The van der Waals surface area contributed by atoms with Crippen molar-refractivity contribution in [3.05, 3.63) is 52.4 Å². The summed E-state index contributed by atoms with van der Waals surface area (Å²) < 4.78 is 0. The number of nitrogens with two attached hydrogens (primary N) is 1. The molecule has 0 aliphatic rings. The highest BCUT2D eigenvalue weighted by Gasteiger charge is 2.14. The number of aryl methyl sites for hydroxylation is 1. The van der Waals surface area contributed by atoms with Crippen molar-refractivity contribution in [2.24, 2.45) is 0 Å². The first-order chi connectivity index (χ1) is 9.45. The van der Waals surface area contributed by atoms with Gasteiger partial charge in [0.05, 0.1) is 12.2 Å². The van der Waals surface area contributed by atoms with Crippen LogP contribution in [-0.2, 0) is 6.54 Å². The van der Waals surface area contributed by atoms with Gasteiger partial charge in [0, 0.05) is 18.3 Å². The van der Waals surface area contributed by atoms with E-state index in [0.717, 1.165) is 11.4 Å². The number of carbonyl (C=O) groups is 1. The van der Waals surface area contributed by atoms with Crippen LogP contribution in [0.1, 0.15) is 21.7 Å². The van der Waals surface area contributed by atoms with Gasteiger partial charge in [0.15, 0.2) is 0 Å². The lowest BCUT2D eigenvalue weighted by molar-refractivity contribution is 0.0783. The van der Waals surface area contributed by atoms with E-state index in [4.69, 9.17) is 17.3 Å². The summed E-state index contributed by atoms with van der Waals surface area (Å²) in [6.07, 6.45) is 0. The van der Waals surface area contributed by atoms with E-state index >= 15 is 0 Å². The Morgan fingerprint density at radius 2 is 2.10 bits per heavy atom. The Morgan fingerprint density at radius 3 is 2.75 bits per heavy atom. The first-order valence-electron chi connectivity index (χ1n) is 6.07. The van der Waals surface area contributed by atoms with Crippen LogP contribution in [0.3, 0.4) is 0 Å². The van der Waals surface area contributed by atoms with E-state index in [9.17, 15) is 4.79 Å². The fraction of sp³-hybridized carbons (Fsp3) is 0.214. The Kier molecular flexibility index (Phi) is 4.20. The summed E-state index contributed by atoms with van der Waals surface area (Å²) in [6, 6.07) is 8.71. The number of nitrogens with zero attached hydrogens (tertiary/aromatic N) is 3. The number of aromatic nitrogens is 2. The zero-order valence-electron chi connectivity index (χ0n) is 11.3. The monoisotopic (exact) mass is 290 g/mol. The molecule has 0 aliphatic heterocycles. The molecule has 2 aromatic heterocycles. The Morgan fingerprint density at radius 1 is 1.35 bits per heavy atom. The van der Waals surface area contributed by atoms with Crippen LogP contribution < -0.4 is 5.73 Å². The minimum Gasteiger partial charge on any atom is -0.384 e. The molecular weight excluding hydrogens is 276 g/mol. The highest BCUT2D eigenvalue weighted by Crippen LogP contribution is 2.14. The summed E-state index contributed by atoms with van der Waals surface area (Å²) in [4.78, 5) is 22.1. The van der Waals surface area contributed by atoms with Crippen LogP contribution in [0.25, 0.3) is 0 Å². The number of halogens is 1. The highest BCUT2D eigenvalue weighted by atomic mass is 35.5. The minimum absolute atomic E-state index is 0.177. The number of nitrogen functional groups attached to an aromatic ring is 1. The first kappa shape index (κ1) is 14.3. The number of pyridine rings is 2. The van der Waals surface area contributed by atoms with Crippen LogP contribution in [-0.4, -0.2) is 27.8 Å². The second kappa shape index (κ2) is 5.88. The van der Waals surface area contributed by atoms with Crippen molar-refractivity contribution in [3.8, 4) is 0 Å². The lowest BCUT2D eigenvalue weighted by Gasteiger charge is -2.17. The van der Waals surface area contributed by atoms with Crippen LogP contribution in [0, 0.1) is 6.92 Å². The van der Waals surface area contributed by atoms with E-state index in [1.54, 1.807) is 11.9 Å². The van der Waals surface area contributed by atoms with Crippen molar-refractivity contribution in [3.63, 3.8) is 0 Å². The lowest BCUT2D eigenvalue weighted by atomic mass is 10.2. The molecule has 5 nitrogen and oxygen atoms in total. The molecule has 6 heteroatoms. The van der Waals surface area contributed by atoms with Crippen LogP contribution in [0.2, 0.25) is 5.15 Å². The molecule has 0 bridgehead atoms. The summed E-state index contributed by atoms with van der Waals surface area (Å²) in [5.74, 6) is 0.0484. The molecule has 2 rings (SSSR count). The molecule has 20 heavy (non-hydrogen) atoms. The topological polar surface area (TPSA) is 72.1 Å². The van der Waals surface area contributed by atoms with Gasteiger partial charge in [-0.05, 0) is 31.2 Å². The maximum atomic E-state index is 12.3. The molecule has 0 atom stereocenters. The zero-order valence-corrected chi connectivity index (χ0v) is 12.1. The molecule has 0 saturated heterocycles. The molecule has 0 aliphatic carbocycles. The molecule has 1 amide bonds. The molecule has 0 aromatic carbocycles. The summed E-state index contributed by atoms with van der Waals surface area (Å²) in [5, 5.41) is 0.204. The minimum atomic E-state index is -0.177. The molecule has 2 heterocycles. The second-order valence-corrected chi connectivity index (χ2v) is 4.92. The van der Waals surface area contributed by atoms with Gasteiger partial charge in [0.25, 0.3) is 5.91 Å². The van der Waals surface area contributed by atoms with Crippen molar-refractivity contribution >= 4 is 23.3 Å². The van der Waals surface area contributed by atoms with Gasteiger partial charge in [0.1, 0.15) is 11.0 Å². The number of carbonyl (C=O) groups excluding carboxylic acids is 1. The number of anilines is 1. The smallest absolute Gasteiger partial charge is 0.254 e. The Labute approximate surface area is 122 Å². The lowest BCUT2D eigenvalue weighted by Crippen LogP contribution is -2.26. The molecule has 104 valence electrons. The third-order valence-electron chi connectivity index (χ3n) is 2.75.